The van der Waals surface area contributed by atoms with Crippen LogP contribution in [0.3, 0.4) is 0 Å². The topological polar surface area (TPSA) is 86.7 Å². The van der Waals surface area contributed by atoms with E-state index in [9.17, 15) is 19.8 Å². The maximum Gasteiger partial charge on any atom is 0.0643 e. The molecule has 6 heteroatoms. The van der Waals surface area contributed by atoms with Gasteiger partial charge in [-0.2, -0.15) is 0 Å². The Morgan fingerprint density at radius 2 is 1.57 bits per heavy atom. The van der Waals surface area contributed by atoms with Crippen LogP contribution < -0.4 is 15.1 Å². The van der Waals surface area contributed by atoms with Gasteiger partial charge in [0.15, 0.2) is 0 Å². The summed E-state index contributed by atoms with van der Waals surface area (Å²) in [5.74, 6) is -3.09. The zero-order valence-corrected chi connectivity index (χ0v) is 17.7. The Balaban J connectivity index is 0.000000343. The van der Waals surface area contributed by atoms with Crippen molar-refractivity contribution in [2.45, 2.75) is 18.8 Å². The first-order chi connectivity index (χ1) is 14.3. The van der Waals surface area contributed by atoms with E-state index >= 15 is 0 Å². The molecule has 0 saturated heterocycles. The highest BCUT2D eigenvalue weighted by Gasteiger charge is 2.42. The molecule has 3 rings (SSSR count). The second-order valence-corrected chi connectivity index (χ2v) is 7.52. The second-order valence-electron chi connectivity index (χ2n) is 7.52. The third-order valence-corrected chi connectivity index (χ3v) is 5.32. The Morgan fingerprint density at radius 3 is 2.10 bits per heavy atom. The summed E-state index contributed by atoms with van der Waals surface area (Å²) >= 11 is 0. The summed E-state index contributed by atoms with van der Waals surface area (Å²) in [7, 11) is 4.29. The minimum absolute atomic E-state index is 0.129. The van der Waals surface area contributed by atoms with E-state index in [0.29, 0.717) is 12.2 Å². The van der Waals surface area contributed by atoms with Crippen LogP contribution in [0.25, 0.3) is 0 Å². The lowest BCUT2D eigenvalue weighted by atomic mass is 9.74. The van der Waals surface area contributed by atoms with Crippen LogP contribution in [0.5, 0.6) is 0 Å². The molecule has 0 spiro atoms. The lowest BCUT2D eigenvalue weighted by Crippen LogP contribution is -2.37. The number of carbonyl (C=O) groups excluding carboxylic acids is 2. The Morgan fingerprint density at radius 1 is 1.00 bits per heavy atom. The van der Waals surface area contributed by atoms with Crippen molar-refractivity contribution in [1.29, 1.82) is 0 Å². The second kappa shape index (κ2) is 10.6. The van der Waals surface area contributed by atoms with Crippen LogP contribution in [0.2, 0.25) is 0 Å². The highest BCUT2D eigenvalue weighted by Crippen LogP contribution is 2.46. The largest absolute Gasteiger partial charge is 0.545 e. The van der Waals surface area contributed by atoms with E-state index < -0.39 is 11.9 Å². The predicted octanol–water partition coefficient (Wildman–Crippen LogP) is 0.807. The number of fused-ring (bicyclic) bond motifs is 1. The van der Waals surface area contributed by atoms with E-state index in [1.165, 1.54) is 16.8 Å². The van der Waals surface area contributed by atoms with Gasteiger partial charge < -0.3 is 29.6 Å². The molecule has 0 amide bonds. The highest BCUT2D eigenvalue weighted by atomic mass is 16.4. The molecule has 2 aromatic rings. The van der Waals surface area contributed by atoms with Gasteiger partial charge in [0.05, 0.1) is 11.9 Å². The average molecular weight is 408 g/mol. The minimum Gasteiger partial charge on any atom is -0.545 e. The summed E-state index contributed by atoms with van der Waals surface area (Å²) in [6.07, 6.45) is 1.90. The van der Waals surface area contributed by atoms with Gasteiger partial charge >= 0.3 is 0 Å². The summed E-state index contributed by atoms with van der Waals surface area (Å²) < 4.78 is 0. The van der Waals surface area contributed by atoms with Gasteiger partial charge in [-0.3, -0.25) is 0 Å². The Labute approximate surface area is 178 Å². The maximum absolute atomic E-state index is 9.41. The Bertz CT molecular complexity index is 864. The number of benzene rings is 2. The van der Waals surface area contributed by atoms with Crippen LogP contribution in [0.4, 0.5) is 5.69 Å². The molecule has 1 aliphatic rings. The molecule has 1 unspecified atom stereocenters. The Kier molecular flexibility index (Phi) is 8.18. The molecule has 0 fully saturated rings. The molecule has 160 valence electrons. The van der Waals surface area contributed by atoms with Gasteiger partial charge in [0, 0.05) is 30.7 Å². The Hall–Kier alpha value is -3.12. The van der Waals surface area contributed by atoms with Gasteiger partial charge in [-0.05, 0) is 49.9 Å². The lowest BCUT2D eigenvalue weighted by molar-refractivity contribution is -0.301. The number of carboxylic acids is 2. The van der Waals surface area contributed by atoms with Gasteiger partial charge in [0.1, 0.15) is 0 Å². The molecular weight excluding hydrogens is 380 g/mol. The van der Waals surface area contributed by atoms with Crippen molar-refractivity contribution in [2.75, 3.05) is 38.6 Å². The summed E-state index contributed by atoms with van der Waals surface area (Å²) in [6.45, 7) is 5.57. The molecule has 1 aliphatic heterocycles. The number of hydrogen-bond donors (Lipinski definition) is 0. The molecule has 0 saturated carbocycles. The monoisotopic (exact) mass is 408 g/mol. The third kappa shape index (κ3) is 5.70. The number of hydrogen-bond acceptors (Lipinski definition) is 6. The van der Waals surface area contributed by atoms with Gasteiger partial charge in [0.2, 0.25) is 0 Å². The van der Waals surface area contributed by atoms with E-state index in [-0.39, 0.29) is 5.41 Å². The summed E-state index contributed by atoms with van der Waals surface area (Å²) in [5, 5.41) is 18.8. The number of likely N-dealkylation sites (N-methyl/N-ethyl adjacent to an activating group) is 1. The van der Waals surface area contributed by atoms with Crippen LogP contribution in [-0.2, 0) is 15.0 Å². The van der Waals surface area contributed by atoms with E-state index in [2.05, 4.69) is 85.4 Å². The smallest absolute Gasteiger partial charge is 0.0643 e. The molecule has 0 radical (unpaired) electrons. The fourth-order valence-corrected chi connectivity index (χ4v) is 3.82. The van der Waals surface area contributed by atoms with Gasteiger partial charge in [-0.15, -0.1) is 0 Å². The molecule has 0 aromatic heterocycles. The quantitative estimate of drug-likeness (QED) is 0.630. The number of carbonyl (C=O) groups is 2. The number of rotatable bonds is 7. The zero-order valence-electron chi connectivity index (χ0n) is 17.7. The predicted molar refractivity (Wildman–Crippen MR) is 114 cm³/mol. The molecule has 1 atom stereocenters. The molecule has 0 bridgehead atoms. The molecule has 30 heavy (non-hydrogen) atoms. The highest BCUT2D eigenvalue weighted by molar-refractivity contribution is 5.87. The maximum atomic E-state index is 9.41. The van der Waals surface area contributed by atoms with Crippen molar-refractivity contribution in [2.24, 2.45) is 0 Å². The fraction of sp³-hybridized carbons (Fsp3) is 0.333. The fourth-order valence-electron chi connectivity index (χ4n) is 3.82. The molecule has 0 N–H and O–H groups in total. The third-order valence-electron chi connectivity index (χ3n) is 5.32. The molecule has 6 nitrogen and oxygen atoms in total. The van der Waals surface area contributed by atoms with Crippen molar-refractivity contribution in [1.82, 2.24) is 4.90 Å². The number of carboxylic acid groups (broad SMARTS) is 2. The average Bonchev–Trinajstić information content (AvgIpc) is 3.07. The first-order valence-electron chi connectivity index (χ1n) is 9.95. The van der Waals surface area contributed by atoms with Crippen LogP contribution in [0.1, 0.15) is 24.5 Å². The standard InChI is InChI=1S/C20H26N2.C4H4O4/c1-4-20(17-10-6-5-7-11-17)16-22(15-14-21(2)3)19-13-9-8-12-18(19)20;5-3(6)1-2-4(7)8/h5-13H,4,14-16H2,1-3H3;1-2H,(H,5,6)(H,7,8)/p-2/b;2-1-. The summed E-state index contributed by atoms with van der Waals surface area (Å²) in [6, 6.07) is 20.0. The number of nitrogens with zero attached hydrogens (tertiary/aromatic N) is 2. The lowest BCUT2D eigenvalue weighted by Gasteiger charge is -2.30. The minimum atomic E-state index is -1.55. The number of aliphatic carboxylic acids is 2. The van der Waals surface area contributed by atoms with Crippen LogP contribution in [-0.4, -0.2) is 50.6 Å². The summed E-state index contributed by atoms with van der Waals surface area (Å²) in [5.41, 5.74) is 4.47. The van der Waals surface area contributed by atoms with Crippen LogP contribution in [0.15, 0.2) is 66.7 Å². The van der Waals surface area contributed by atoms with Crippen molar-refractivity contribution in [3.63, 3.8) is 0 Å². The van der Waals surface area contributed by atoms with Gasteiger partial charge in [0.25, 0.3) is 0 Å². The number of anilines is 1. The SMILES string of the molecule is CCC1(c2ccccc2)CN(CCN(C)C)c2ccccc21.O=C([O-])/C=C\C(=O)[O-]. The molecule has 0 aliphatic carbocycles. The van der Waals surface area contributed by atoms with Gasteiger partial charge in [-0.25, -0.2) is 0 Å². The normalized spacial score (nSPS) is 17.5. The van der Waals surface area contributed by atoms with Gasteiger partial charge in [-0.1, -0.05) is 55.5 Å². The van der Waals surface area contributed by atoms with Crippen molar-refractivity contribution in [3.8, 4) is 0 Å². The van der Waals surface area contributed by atoms with Crippen LogP contribution >= 0.6 is 0 Å². The van der Waals surface area contributed by atoms with Crippen molar-refractivity contribution in [3.05, 3.63) is 77.9 Å². The van der Waals surface area contributed by atoms with Crippen molar-refractivity contribution < 1.29 is 19.8 Å². The van der Waals surface area contributed by atoms with E-state index in [4.69, 9.17) is 0 Å². The van der Waals surface area contributed by atoms with Crippen LogP contribution in [0, 0.1) is 0 Å². The van der Waals surface area contributed by atoms with Crippen molar-refractivity contribution >= 4 is 17.6 Å². The molecule has 2 aromatic carbocycles. The van der Waals surface area contributed by atoms with E-state index in [0.717, 1.165) is 26.1 Å². The zero-order chi connectivity index (χ0) is 22.1. The molecule has 1 heterocycles. The summed E-state index contributed by atoms with van der Waals surface area (Å²) in [4.78, 5) is 23.7. The number of para-hydroxylation sites is 1. The van der Waals surface area contributed by atoms with E-state index in [1.54, 1.807) is 0 Å². The first-order valence-corrected chi connectivity index (χ1v) is 9.95. The molecular formula is C24H28N2O4-2. The van der Waals surface area contributed by atoms with E-state index in [1.807, 2.05) is 0 Å². The first kappa shape index (κ1) is 23.2.